The summed E-state index contributed by atoms with van der Waals surface area (Å²) >= 11 is 0. The Labute approximate surface area is 123 Å². The molecule has 0 saturated carbocycles. The topological polar surface area (TPSA) is 52.6 Å². The molecule has 0 amide bonds. The first kappa shape index (κ1) is 18.9. The van der Waals surface area contributed by atoms with Crippen molar-refractivity contribution in [1.82, 2.24) is 0 Å². The maximum atomic E-state index is 11.6. The highest BCUT2D eigenvalue weighted by Gasteiger charge is 2.17. The van der Waals surface area contributed by atoms with Gasteiger partial charge in [-0.1, -0.05) is 41.5 Å². The SMILES string of the molecule is CCC(OC(=O)CCCC(=O)OCC(C)(C)C)C(C)C. The van der Waals surface area contributed by atoms with E-state index >= 15 is 0 Å². The second-order valence-corrected chi connectivity index (χ2v) is 6.76. The molecule has 0 fully saturated rings. The van der Waals surface area contributed by atoms with E-state index in [1.165, 1.54) is 0 Å². The van der Waals surface area contributed by atoms with Gasteiger partial charge in [0.15, 0.2) is 0 Å². The van der Waals surface area contributed by atoms with E-state index in [9.17, 15) is 9.59 Å². The van der Waals surface area contributed by atoms with Crippen LogP contribution in [0.5, 0.6) is 0 Å². The van der Waals surface area contributed by atoms with Crippen LogP contribution in [0.1, 0.15) is 67.2 Å². The largest absolute Gasteiger partial charge is 0.465 e. The van der Waals surface area contributed by atoms with Crippen LogP contribution in [0, 0.1) is 11.3 Å². The highest BCUT2D eigenvalue weighted by molar-refractivity contribution is 5.72. The van der Waals surface area contributed by atoms with Gasteiger partial charge in [0.25, 0.3) is 0 Å². The van der Waals surface area contributed by atoms with Gasteiger partial charge in [-0.15, -0.1) is 0 Å². The van der Waals surface area contributed by atoms with Gasteiger partial charge in [0.1, 0.15) is 6.10 Å². The molecule has 0 bridgehead atoms. The predicted molar refractivity (Wildman–Crippen MR) is 79.3 cm³/mol. The van der Waals surface area contributed by atoms with Crippen LogP contribution in [0.3, 0.4) is 0 Å². The molecule has 1 unspecified atom stereocenters. The Morgan fingerprint density at radius 1 is 1.05 bits per heavy atom. The summed E-state index contributed by atoms with van der Waals surface area (Å²) in [5.74, 6) is -0.154. The highest BCUT2D eigenvalue weighted by Crippen LogP contribution is 2.14. The van der Waals surface area contributed by atoms with E-state index in [4.69, 9.17) is 9.47 Å². The van der Waals surface area contributed by atoms with Crippen molar-refractivity contribution in [2.24, 2.45) is 11.3 Å². The molecule has 0 aliphatic heterocycles. The molecule has 4 nitrogen and oxygen atoms in total. The van der Waals surface area contributed by atoms with E-state index in [-0.39, 0.29) is 36.3 Å². The van der Waals surface area contributed by atoms with Crippen molar-refractivity contribution < 1.29 is 19.1 Å². The lowest BCUT2D eigenvalue weighted by Crippen LogP contribution is -2.23. The Bertz CT molecular complexity index is 302. The van der Waals surface area contributed by atoms with Crippen molar-refractivity contribution in [3.8, 4) is 0 Å². The second-order valence-electron chi connectivity index (χ2n) is 6.76. The van der Waals surface area contributed by atoms with Crippen LogP contribution in [0.15, 0.2) is 0 Å². The summed E-state index contributed by atoms with van der Waals surface area (Å²) < 4.78 is 10.5. The van der Waals surface area contributed by atoms with Gasteiger partial charge in [0.2, 0.25) is 0 Å². The number of carbonyl (C=O) groups is 2. The molecule has 0 aliphatic carbocycles. The van der Waals surface area contributed by atoms with Crippen molar-refractivity contribution in [3.63, 3.8) is 0 Å². The van der Waals surface area contributed by atoms with Gasteiger partial charge in [-0.3, -0.25) is 9.59 Å². The summed E-state index contributed by atoms with van der Waals surface area (Å²) in [6.07, 6.45) is 1.81. The molecule has 0 spiro atoms. The van der Waals surface area contributed by atoms with Crippen LogP contribution >= 0.6 is 0 Å². The van der Waals surface area contributed by atoms with Gasteiger partial charge >= 0.3 is 11.9 Å². The molecule has 0 aliphatic rings. The average Bonchev–Trinajstić information content (AvgIpc) is 2.32. The Kier molecular flexibility index (Phi) is 8.51. The van der Waals surface area contributed by atoms with E-state index in [1.54, 1.807) is 0 Å². The van der Waals surface area contributed by atoms with E-state index in [1.807, 2.05) is 41.5 Å². The van der Waals surface area contributed by atoms with Gasteiger partial charge < -0.3 is 9.47 Å². The van der Waals surface area contributed by atoms with Crippen molar-refractivity contribution in [3.05, 3.63) is 0 Å². The molecule has 0 heterocycles. The predicted octanol–water partition coefficient (Wildman–Crippen LogP) is 3.72. The highest BCUT2D eigenvalue weighted by atomic mass is 16.5. The Hall–Kier alpha value is -1.06. The van der Waals surface area contributed by atoms with Crippen LogP contribution < -0.4 is 0 Å². The van der Waals surface area contributed by atoms with Gasteiger partial charge in [-0.25, -0.2) is 0 Å². The summed E-state index contributed by atoms with van der Waals surface area (Å²) in [5, 5.41) is 0. The van der Waals surface area contributed by atoms with Crippen LogP contribution in [0.4, 0.5) is 0 Å². The first-order valence-corrected chi connectivity index (χ1v) is 7.50. The fraction of sp³-hybridized carbons (Fsp3) is 0.875. The number of rotatable bonds is 8. The Morgan fingerprint density at radius 2 is 1.60 bits per heavy atom. The van der Waals surface area contributed by atoms with E-state index in [0.29, 0.717) is 18.9 Å². The number of carbonyl (C=O) groups excluding carboxylic acids is 2. The molecule has 0 saturated heterocycles. The third-order valence-electron chi connectivity index (χ3n) is 2.86. The zero-order valence-electron chi connectivity index (χ0n) is 13.8. The Balaban J connectivity index is 3.83. The number of hydrogen-bond donors (Lipinski definition) is 0. The average molecular weight is 286 g/mol. The van der Waals surface area contributed by atoms with E-state index < -0.39 is 0 Å². The molecule has 0 rings (SSSR count). The number of hydrogen-bond acceptors (Lipinski definition) is 4. The first-order chi connectivity index (χ1) is 9.15. The molecular weight excluding hydrogens is 256 g/mol. The summed E-state index contributed by atoms with van der Waals surface area (Å²) in [7, 11) is 0. The molecule has 118 valence electrons. The molecule has 0 N–H and O–H groups in total. The second kappa shape index (κ2) is 8.98. The number of ether oxygens (including phenoxy) is 2. The van der Waals surface area contributed by atoms with E-state index in [0.717, 1.165) is 6.42 Å². The lowest BCUT2D eigenvalue weighted by Gasteiger charge is -2.19. The minimum absolute atomic E-state index is 0.0276. The standard InChI is InChI=1S/C16H30O4/c1-7-13(12(2)3)20-15(18)10-8-9-14(17)19-11-16(4,5)6/h12-13H,7-11H2,1-6H3. The molecule has 20 heavy (non-hydrogen) atoms. The fourth-order valence-electron chi connectivity index (χ4n) is 1.66. The fourth-order valence-corrected chi connectivity index (χ4v) is 1.66. The van der Waals surface area contributed by atoms with Crippen molar-refractivity contribution in [1.29, 1.82) is 0 Å². The maximum absolute atomic E-state index is 11.6. The van der Waals surface area contributed by atoms with Crippen LogP contribution in [0.2, 0.25) is 0 Å². The third-order valence-corrected chi connectivity index (χ3v) is 2.86. The maximum Gasteiger partial charge on any atom is 0.306 e. The normalized spacial score (nSPS) is 13.2. The molecule has 4 heteroatoms. The monoisotopic (exact) mass is 286 g/mol. The zero-order chi connectivity index (χ0) is 15.8. The van der Waals surface area contributed by atoms with Crippen LogP contribution in [-0.2, 0) is 19.1 Å². The minimum atomic E-state index is -0.247. The summed E-state index contributed by atoms with van der Waals surface area (Å²) in [6, 6.07) is 0. The van der Waals surface area contributed by atoms with Gasteiger partial charge in [-0.2, -0.15) is 0 Å². The molecule has 0 aromatic carbocycles. The Morgan fingerprint density at radius 3 is 2.05 bits per heavy atom. The zero-order valence-corrected chi connectivity index (χ0v) is 13.8. The molecule has 0 aromatic rings. The molecular formula is C16H30O4. The third kappa shape index (κ3) is 9.82. The quantitative estimate of drug-likeness (QED) is 0.638. The van der Waals surface area contributed by atoms with Crippen LogP contribution in [0.25, 0.3) is 0 Å². The minimum Gasteiger partial charge on any atom is -0.465 e. The molecule has 1 atom stereocenters. The van der Waals surface area contributed by atoms with Gasteiger partial charge in [-0.05, 0) is 24.2 Å². The summed E-state index contributed by atoms with van der Waals surface area (Å²) in [6.45, 7) is 12.5. The molecule has 0 aromatic heterocycles. The lowest BCUT2D eigenvalue weighted by atomic mass is 9.99. The van der Waals surface area contributed by atoms with Crippen molar-refractivity contribution in [2.75, 3.05) is 6.61 Å². The van der Waals surface area contributed by atoms with Gasteiger partial charge in [0.05, 0.1) is 6.61 Å². The van der Waals surface area contributed by atoms with Crippen molar-refractivity contribution in [2.45, 2.75) is 73.3 Å². The van der Waals surface area contributed by atoms with E-state index in [2.05, 4.69) is 0 Å². The van der Waals surface area contributed by atoms with Gasteiger partial charge in [0, 0.05) is 12.8 Å². The van der Waals surface area contributed by atoms with Crippen LogP contribution in [-0.4, -0.2) is 24.6 Å². The smallest absolute Gasteiger partial charge is 0.306 e. The lowest BCUT2D eigenvalue weighted by molar-refractivity contribution is -0.152. The summed E-state index contributed by atoms with van der Waals surface area (Å²) in [5.41, 5.74) is -0.0276. The van der Waals surface area contributed by atoms with Crippen molar-refractivity contribution >= 4 is 11.9 Å². The first-order valence-electron chi connectivity index (χ1n) is 7.50. The number of esters is 2. The summed E-state index contributed by atoms with van der Waals surface area (Å²) in [4.78, 5) is 23.1. The molecule has 0 radical (unpaired) electrons.